The monoisotopic (exact) mass is 232 g/mol. The minimum absolute atomic E-state index is 0.528. The number of rotatable bonds is 4. The standard InChI is InChI=1S/C14H20N2O/c15-8-12-7-11-3-1-2-4-13(11)16-14(12)17-9-10-5-6-10/h7,10H,1-6,8-9,15H2. The molecule has 3 heteroatoms. The van der Waals surface area contributed by atoms with Crippen LogP contribution in [0.5, 0.6) is 5.88 Å². The van der Waals surface area contributed by atoms with Gasteiger partial charge in [0, 0.05) is 17.8 Å². The zero-order valence-electron chi connectivity index (χ0n) is 10.2. The highest BCUT2D eigenvalue weighted by Crippen LogP contribution is 2.31. The van der Waals surface area contributed by atoms with Gasteiger partial charge in [0.25, 0.3) is 0 Å². The molecule has 0 unspecified atom stereocenters. The summed E-state index contributed by atoms with van der Waals surface area (Å²) in [6, 6.07) is 2.21. The third-order valence-electron chi connectivity index (χ3n) is 3.71. The highest BCUT2D eigenvalue weighted by molar-refractivity contribution is 5.35. The maximum Gasteiger partial charge on any atom is 0.218 e. The Bertz CT molecular complexity index is 413. The van der Waals surface area contributed by atoms with Crippen molar-refractivity contribution >= 4 is 0 Å². The lowest BCUT2D eigenvalue weighted by Gasteiger charge is -2.18. The second kappa shape index (κ2) is 4.65. The average Bonchev–Trinajstić information content (AvgIpc) is 3.19. The normalized spacial score (nSPS) is 18.9. The number of nitrogens with zero attached hydrogens (tertiary/aromatic N) is 1. The molecule has 0 amide bonds. The maximum absolute atomic E-state index is 5.83. The van der Waals surface area contributed by atoms with Crippen LogP contribution in [0.25, 0.3) is 0 Å². The molecule has 3 rings (SSSR count). The van der Waals surface area contributed by atoms with Crippen molar-refractivity contribution in [2.75, 3.05) is 6.61 Å². The second-order valence-corrected chi connectivity index (χ2v) is 5.22. The highest BCUT2D eigenvalue weighted by atomic mass is 16.5. The molecule has 92 valence electrons. The molecule has 1 aromatic rings. The van der Waals surface area contributed by atoms with Gasteiger partial charge in [0.1, 0.15) is 0 Å². The highest BCUT2D eigenvalue weighted by Gasteiger charge is 2.23. The molecule has 0 aromatic carbocycles. The lowest BCUT2D eigenvalue weighted by atomic mass is 9.95. The molecule has 0 atom stereocenters. The molecular formula is C14H20N2O. The zero-order chi connectivity index (χ0) is 11.7. The van der Waals surface area contributed by atoms with Gasteiger partial charge in [-0.3, -0.25) is 0 Å². The van der Waals surface area contributed by atoms with Crippen LogP contribution in [-0.4, -0.2) is 11.6 Å². The van der Waals surface area contributed by atoms with Crippen molar-refractivity contribution in [3.8, 4) is 5.88 Å². The molecule has 2 aliphatic rings. The van der Waals surface area contributed by atoms with E-state index in [1.807, 2.05) is 0 Å². The first-order valence-electron chi connectivity index (χ1n) is 6.71. The summed E-state index contributed by atoms with van der Waals surface area (Å²) in [6.45, 7) is 1.35. The Kier molecular flexibility index (Phi) is 3.02. The summed E-state index contributed by atoms with van der Waals surface area (Å²) in [5, 5.41) is 0. The van der Waals surface area contributed by atoms with Gasteiger partial charge in [-0.15, -0.1) is 0 Å². The van der Waals surface area contributed by atoms with Crippen LogP contribution >= 0.6 is 0 Å². The van der Waals surface area contributed by atoms with E-state index in [9.17, 15) is 0 Å². The molecule has 2 aliphatic carbocycles. The van der Waals surface area contributed by atoms with E-state index in [0.717, 1.165) is 36.8 Å². The summed E-state index contributed by atoms with van der Waals surface area (Å²) in [6.07, 6.45) is 7.40. The van der Waals surface area contributed by atoms with Crippen LogP contribution in [0.3, 0.4) is 0 Å². The molecule has 3 nitrogen and oxygen atoms in total. The molecule has 0 saturated heterocycles. The first-order chi connectivity index (χ1) is 8.36. The summed E-state index contributed by atoms with van der Waals surface area (Å²) >= 11 is 0. The van der Waals surface area contributed by atoms with E-state index in [0.29, 0.717) is 6.54 Å². The van der Waals surface area contributed by atoms with E-state index in [1.165, 1.54) is 36.9 Å². The number of nitrogens with two attached hydrogens (primary N) is 1. The number of aromatic nitrogens is 1. The van der Waals surface area contributed by atoms with E-state index in [1.54, 1.807) is 0 Å². The minimum Gasteiger partial charge on any atom is -0.477 e. The largest absolute Gasteiger partial charge is 0.477 e. The minimum atomic E-state index is 0.528. The van der Waals surface area contributed by atoms with E-state index in [-0.39, 0.29) is 0 Å². The Morgan fingerprint density at radius 3 is 2.88 bits per heavy atom. The van der Waals surface area contributed by atoms with Crippen molar-refractivity contribution in [3.63, 3.8) is 0 Å². The van der Waals surface area contributed by atoms with Gasteiger partial charge in [0.05, 0.1) is 6.61 Å². The molecule has 0 spiro atoms. The number of hydrogen-bond acceptors (Lipinski definition) is 3. The quantitative estimate of drug-likeness (QED) is 0.865. The average molecular weight is 232 g/mol. The summed E-state index contributed by atoms with van der Waals surface area (Å²) in [5.41, 5.74) is 9.48. The van der Waals surface area contributed by atoms with Gasteiger partial charge in [0.15, 0.2) is 0 Å². The smallest absolute Gasteiger partial charge is 0.218 e. The topological polar surface area (TPSA) is 48.1 Å². The van der Waals surface area contributed by atoms with E-state index >= 15 is 0 Å². The van der Waals surface area contributed by atoms with Crippen molar-refractivity contribution < 1.29 is 4.74 Å². The number of aryl methyl sites for hydroxylation is 2. The Morgan fingerprint density at radius 1 is 1.29 bits per heavy atom. The first-order valence-corrected chi connectivity index (χ1v) is 6.71. The van der Waals surface area contributed by atoms with Crippen LogP contribution in [0.1, 0.15) is 42.5 Å². The zero-order valence-corrected chi connectivity index (χ0v) is 10.2. The molecule has 1 fully saturated rings. The fourth-order valence-corrected chi connectivity index (χ4v) is 2.41. The Hall–Kier alpha value is -1.09. The Morgan fingerprint density at radius 2 is 2.12 bits per heavy atom. The molecule has 17 heavy (non-hydrogen) atoms. The van der Waals surface area contributed by atoms with Gasteiger partial charge in [-0.1, -0.05) is 0 Å². The predicted molar refractivity (Wildman–Crippen MR) is 67.0 cm³/mol. The van der Waals surface area contributed by atoms with Crippen LogP contribution in [0.2, 0.25) is 0 Å². The SMILES string of the molecule is NCc1cc2c(nc1OCC1CC1)CCCC2. The number of ether oxygens (including phenoxy) is 1. The summed E-state index contributed by atoms with van der Waals surface area (Å²) in [7, 11) is 0. The second-order valence-electron chi connectivity index (χ2n) is 5.22. The fraction of sp³-hybridized carbons (Fsp3) is 0.643. The van der Waals surface area contributed by atoms with E-state index in [4.69, 9.17) is 10.5 Å². The summed E-state index contributed by atoms with van der Waals surface area (Å²) in [4.78, 5) is 4.68. The predicted octanol–water partition coefficient (Wildman–Crippen LogP) is 2.21. The van der Waals surface area contributed by atoms with Gasteiger partial charge in [-0.2, -0.15) is 0 Å². The van der Waals surface area contributed by atoms with E-state index < -0.39 is 0 Å². The van der Waals surface area contributed by atoms with Gasteiger partial charge in [-0.05, 0) is 56.1 Å². The van der Waals surface area contributed by atoms with Gasteiger partial charge in [0.2, 0.25) is 5.88 Å². The van der Waals surface area contributed by atoms with Gasteiger partial charge >= 0.3 is 0 Å². The Labute approximate surface area is 102 Å². The summed E-state index contributed by atoms with van der Waals surface area (Å²) in [5.74, 6) is 1.55. The van der Waals surface area contributed by atoms with Crippen LogP contribution in [0.4, 0.5) is 0 Å². The molecule has 1 saturated carbocycles. The number of pyridine rings is 1. The molecule has 0 radical (unpaired) electrons. The van der Waals surface area contributed by atoms with Crippen molar-refractivity contribution in [3.05, 3.63) is 22.9 Å². The van der Waals surface area contributed by atoms with Crippen LogP contribution in [0.15, 0.2) is 6.07 Å². The van der Waals surface area contributed by atoms with Gasteiger partial charge in [-0.25, -0.2) is 4.98 Å². The molecule has 0 aliphatic heterocycles. The number of fused-ring (bicyclic) bond motifs is 1. The molecule has 1 aromatic heterocycles. The molecule has 2 N–H and O–H groups in total. The lowest BCUT2D eigenvalue weighted by molar-refractivity contribution is 0.284. The van der Waals surface area contributed by atoms with Crippen molar-refractivity contribution in [2.45, 2.75) is 45.1 Å². The van der Waals surface area contributed by atoms with Gasteiger partial charge < -0.3 is 10.5 Å². The first kappa shape index (κ1) is 11.0. The lowest BCUT2D eigenvalue weighted by Crippen LogP contribution is -2.12. The van der Waals surface area contributed by atoms with Crippen molar-refractivity contribution in [1.82, 2.24) is 4.98 Å². The third-order valence-corrected chi connectivity index (χ3v) is 3.71. The number of hydrogen-bond donors (Lipinski definition) is 1. The van der Waals surface area contributed by atoms with Crippen LogP contribution in [-0.2, 0) is 19.4 Å². The third kappa shape index (κ3) is 2.44. The van der Waals surface area contributed by atoms with Crippen LogP contribution in [0, 0.1) is 5.92 Å². The Balaban J connectivity index is 1.83. The molecule has 0 bridgehead atoms. The van der Waals surface area contributed by atoms with Crippen molar-refractivity contribution in [2.24, 2.45) is 11.7 Å². The van der Waals surface area contributed by atoms with E-state index in [2.05, 4.69) is 11.1 Å². The molecular weight excluding hydrogens is 212 g/mol. The van der Waals surface area contributed by atoms with Crippen molar-refractivity contribution in [1.29, 1.82) is 0 Å². The fourth-order valence-electron chi connectivity index (χ4n) is 2.41. The maximum atomic E-state index is 5.83. The summed E-state index contributed by atoms with van der Waals surface area (Å²) < 4.78 is 5.83. The molecule has 1 heterocycles. The van der Waals surface area contributed by atoms with Crippen LogP contribution < -0.4 is 10.5 Å².